The maximum Gasteiger partial charge on any atom is 0.332 e. The van der Waals surface area contributed by atoms with Gasteiger partial charge in [-0.05, 0) is 104 Å². The lowest BCUT2D eigenvalue weighted by atomic mass is 9.44. The lowest BCUT2D eigenvalue weighted by Crippen LogP contribution is -2.53. The first-order valence-electron chi connectivity index (χ1n) is 11.7. The fourth-order valence-electron chi connectivity index (χ4n) is 8.89. The van der Waals surface area contributed by atoms with E-state index in [2.05, 4.69) is 20.8 Å². The quantitative estimate of drug-likeness (QED) is 0.680. The summed E-state index contributed by atoms with van der Waals surface area (Å²) in [5.74, 6) is 3.43. The predicted molar refractivity (Wildman–Crippen MR) is 107 cm³/mol. The van der Waals surface area contributed by atoms with Gasteiger partial charge in [0.2, 0.25) is 0 Å². The average molecular weight is 377 g/mol. The van der Waals surface area contributed by atoms with Crippen molar-refractivity contribution in [1.82, 2.24) is 0 Å². The molecule has 27 heavy (non-hydrogen) atoms. The minimum absolute atomic E-state index is 0.296. The molecule has 0 saturated heterocycles. The number of hydrogen-bond donors (Lipinski definition) is 2. The molecule has 0 heterocycles. The number of fused-ring (bicyclic) bond motifs is 5. The third kappa shape index (κ3) is 3.07. The largest absolute Gasteiger partial charge is 0.479 e. The van der Waals surface area contributed by atoms with Gasteiger partial charge in [0.1, 0.15) is 0 Å². The van der Waals surface area contributed by atoms with Gasteiger partial charge in [0, 0.05) is 0 Å². The SMILES string of the molecule is CC(CC(O)C(=O)O)[C@H]1CC[C@H]2[C@@H]3CCC4CCCC[C@]4(C)[C@H]3CC[C@]12C. The van der Waals surface area contributed by atoms with Crippen LogP contribution >= 0.6 is 0 Å². The number of aliphatic hydroxyl groups is 1. The highest BCUT2D eigenvalue weighted by atomic mass is 16.4. The van der Waals surface area contributed by atoms with E-state index in [-0.39, 0.29) is 0 Å². The molecule has 154 valence electrons. The first-order chi connectivity index (χ1) is 12.8. The van der Waals surface area contributed by atoms with Crippen LogP contribution in [0.1, 0.15) is 91.4 Å². The van der Waals surface area contributed by atoms with Gasteiger partial charge in [-0.15, -0.1) is 0 Å². The summed E-state index contributed by atoms with van der Waals surface area (Å²) in [4.78, 5) is 11.1. The third-order valence-corrected chi connectivity index (χ3v) is 10.2. The molecule has 4 rings (SSSR count). The molecule has 3 heteroatoms. The summed E-state index contributed by atoms with van der Waals surface area (Å²) in [6, 6.07) is 0. The van der Waals surface area contributed by atoms with Gasteiger partial charge >= 0.3 is 5.97 Å². The van der Waals surface area contributed by atoms with Gasteiger partial charge in [0.05, 0.1) is 0 Å². The van der Waals surface area contributed by atoms with Crippen molar-refractivity contribution in [2.24, 2.45) is 46.3 Å². The zero-order valence-electron chi connectivity index (χ0n) is 17.6. The second kappa shape index (κ2) is 7.04. The summed E-state index contributed by atoms with van der Waals surface area (Å²) in [6.45, 7) is 7.34. The van der Waals surface area contributed by atoms with Crippen molar-refractivity contribution in [3.63, 3.8) is 0 Å². The summed E-state index contributed by atoms with van der Waals surface area (Å²) >= 11 is 0. The standard InChI is InChI=1S/C24H40O3/c1-15(14-21(25)22(26)27)18-9-10-19-17-8-7-16-6-4-5-12-23(16,2)20(17)11-13-24(18,19)3/h15-21,25H,4-14H2,1-3H3,(H,26,27)/t15?,16?,17-,18+,19-,20-,21?,23-,24+/m0/s1. The van der Waals surface area contributed by atoms with Crippen molar-refractivity contribution in [3.8, 4) is 0 Å². The van der Waals surface area contributed by atoms with Crippen LogP contribution in [0.5, 0.6) is 0 Å². The van der Waals surface area contributed by atoms with Gasteiger partial charge in [0.15, 0.2) is 6.10 Å². The number of aliphatic hydroxyl groups excluding tert-OH is 1. The molecule has 0 amide bonds. The van der Waals surface area contributed by atoms with E-state index < -0.39 is 12.1 Å². The summed E-state index contributed by atoms with van der Waals surface area (Å²) in [5, 5.41) is 19.0. The van der Waals surface area contributed by atoms with Gasteiger partial charge in [-0.2, -0.15) is 0 Å². The molecule has 4 fully saturated rings. The van der Waals surface area contributed by atoms with Crippen molar-refractivity contribution < 1.29 is 15.0 Å². The van der Waals surface area contributed by atoms with Gasteiger partial charge < -0.3 is 10.2 Å². The topological polar surface area (TPSA) is 57.5 Å². The van der Waals surface area contributed by atoms with Crippen LogP contribution in [0.2, 0.25) is 0 Å². The molecular formula is C24H40O3. The Kier molecular flexibility index (Phi) is 5.15. The van der Waals surface area contributed by atoms with Crippen LogP contribution in [0.15, 0.2) is 0 Å². The van der Waals surface area contributed by atoms with Crippen LogP contribution in [-0.2, 0) is 4.79 Å². The Hall–Kier alpha value is -0.570. The molecule has 0 bridgehead atoms. The lowest BCUT2D eigenvalue weighted by Gasteiger charge is -2.61. The van der Waals surface area contributed by atoms with Crippen LogP contribution in [0.25, 0.3) is 0 Å². The van der Waals surface area contributed by atoms with Gasteiger partial charge in [-0.3, -0.25) is 0 Å². The van der Waals surface area contributed by atoms with Crippen LogP contribution < -0.4 is 0 Å². The van der Waals surface area contributed by atoms with Crippen LogP contribution in [-0.4, -0.2) is 22.3 Å². The van der Waals surface area contributed by atoms with E-state index >= 15 is 0 Å². The number of hydrogen-bond acceptors (Lipinski definition) is 2. The summed E-state index contributed by atoms with van der Waals surface area (Å²) < 4.78 is 0. The molecule has 0 aromatic heterocycles. The molecular weight excluding hydrogens is 336 g/mol. The van der Waals surface area contributed by atoms with E-state index in [9.17, 15) is 9.90 Å². The van der Waals surface area contributed by atoms with E-state index in [1.807, 2.05) is 0 Å². The lowest BCUT2D eigenvalue weighted by molar-refractivity contribution is -0.148. The normalized spacial score (nSPS) is 48.8. The zero-order valence-corrected chi connectivity index (χ0v) is 17.6. The van der Waals surface area contributed by atoms with Crippen LogP contribution in [0, 0.1) is 46.3 Å². The summed E-state index contributed by atoms with van der Waals surface area (Å²) in [7, 11) is 0. The van der Waals surface area contributed by atoms with Crippen molar-refractivity contribution in [3.05, 3.63) is 0 Å². The van der Waals surface area contributed by atoms with E-state index in [1.165, 1.54) is 64.2 Å². The molecule has 3 nitrogen and oxygen atoms in total. The molecule has 4 aliphatic rings. The molecule has 3 unspecified atom stereocenters. The zero-order chi connectivity index (χ0) is 19.4. The smallest absolute Gasteiger partial charge is 0.332 e. The number of rotatable bonds is 4. The first kappa shape index (κ1) is 19.7. The molecule has 0 spiro atoms. The molecule has 9 atom stereocenters. The molecule has 2 N–H and O–H groups in total. The maximum atomic E-state index is 11.1. The van der Waals surface area contributed by atoms with Gasteiger partial charge in [0.25, 0.3) is 0 Å². The fourth-order valence-corrected chi connectivity index (χ4v) is 8.89. The Balaban J connectivity index is 1.52. The Morgan fingerprint density at radius 2 is 1.70 bits per heavy atom. The number of carboxylic acid groups (broad SMARTS) is 1. The molecule has 0 aromatic carbocycles. The Bertz CT molecular complexity index is 574. The minimum atomic E-state index is -1.20. The second-order valence-corrected chi connectivity index (χ2v) is 11.2. The molecule has 0 aromatic rings. The van der Waals surface area contributed by atoms with Crippen molar-refractivity contribution in [1.29, 1.82) is 0 Å². The van der Waals surface area contributed by atoms with Crippen molar-refractivity contribution in [2.45, 2.75) is 97.5 Å². The maximum absolute atomic E-state index is 11.1. The number of carboxylic acids is 1. The van der Waals surface area contributed by atoms with E-state index in [0.29, 0.717) is 29.1 Å². The summed E-state index contributed by atoms with van der Waals surface area (Å²) in [6.07, 6.45) is 13.2. The predicted octanol–water partition coefficient (Wildman–Crippen LogP) is 5.51. The van der Waals surface area contributed by atoms with E-state index in [1.54, 1.807) is 0 Å². The Morgan fingerprint density at radius 1 is 0.963 bits per heavy atom. The Morgan fingerprint density at radius 3 is 2.44 bits per heavy atom. The fraction of sp³-hybridized carbons (Fsp3) is 0.958. The van der Waals surface area contributed by atoms with Crippen LogP contribution in [0.4, 0.5) is 0 Å². The Labute approximate surface area is 165 Å². The molecule has 0 radical (unpaired) electrons. The highest BCUT2D eigenvalue weighted by molar-refractivity contribution is 5.71. The van der Waals surface area contributed by atoms with E-state index in [0.717, 1.165) is 23.7 Å². The third-order valence-electron chi connectivity index (χ3n) is 10.2. The molecule has 4 aliphatic carbocycles. The van der Waals surface area contributed by atoms with Crippen LogP contribution in [0.3, 0.4) is 0 Å². The summed E-state index contributed by atoms with van der Waals surface area (Å²) in [5.41, 5.74) is 0.947. The highest BCUT2D eigenvalue weighted by Gasteiger charge is 2.60. The van der Waals surface area contributed by atoms with Crippen molar-refractivity contribution >= 4 is 5.97 Å². The van der Waals surface area contributed by atoms with E-state index in [4.69, 9.17) is 5.11 Å². The number of carbonyl (C=O) groups is 1. The van der Waals surface area contributed by atoms with Gasteiger partial charge in [-0.1, -0.05) is 33.6 Å². The first-order valence-corrected chi connectivity index (χ1v) is 11.7. The molecule has 4 saturated carbocycles. The number of aliphatic carboxylic acids is 1. The minimum Gasteiger partial charge on any atom is -0.479 e. The van der Waals surface area contributed by atoms with Crippen molar-refractivity contribution in [2.75, 3.05) is 0 Å². The monoisotopic (exact) mass is 376 g/mol. The average Bonchev–Trinajstić information content (AvgIpc) is 2.98. The highest BCUT2D eigenvalue weighted by Crippen LogP contribution is 2.68. The second-order valence-electron chi connectivity index (χ2n) is 11.2. The van der Waals surface area contributed by atoms with Gasteiger partial charge in [-0.25, -0.2) is 4.79 Å². The molecule has 0 aliphatic heterocycles.